The third kappa shape index (κ3) is 2.48. The Morgan fingerprint density at radius 1 is 1.24 bits per heavy atom. The molecule has 1 atom stereocenters. The number of hydrogen-bond acceptors (Lipinski definition) is 2. The second-order valence-electron chi connectivity index (χ2n) is 4.86. The highest BCUT2D eigenvalue weighted by atomic mass is 19.1. The molecule has 0 aliphatic carbocycles. The van der Waals surface area contributed by atoms with E-state index in [1.54, 1.807) is 12.1 Å². The molecule has 0 amide bonds. The van der Waals surface area contributed by atoms with E-state index in [0.29, 0.717) is 0 Å². The maximum Gasteiger partial charge on any atom is 0.123 e. The van der Waals surface area contributed by atoms with Crippen molar-refractivity contribution < 1.29 is 4.39 Å². The van der Waals surface area contributed by atoms with E-state index in [1.807, 2.05) is 0 Å². The Bertz CT molecular complexity index is 421. The van der Waals surface area contributed by atoms with Crippen LogP contribution in [-0.2, 0) is 5.41 Å². The lowest BCUT2D eigenvalue weighted by molar-refractivity contribution is 0.342. The fourth-order valence-electron chi connectivity index (χ4n) is 2.50. The Hall–Kier alpha value is -1.40. The molecule has 1 aromatic carbocycles. The number of halogens is 1. The van der Waals surface area contributed by atoms with Crippen molar-refractivity contribution in [1.82, 2.24) is 4.90 Å². The number of benzene rings is 1. The lowest BCUT2D eigenvalue weighted by atomic mass is 9.76. The molecule has 1 aliphatic heterocycles. The zero-order chi connectivity index (χ0) is 12.3. The van der Waals surface area contributed by atoms with Crippen LogP contribution in [0.25, 0.3) is 0 Å². The van der Waals surface area contributed by atoms with Gasteiger partial charge in [-0.3, -0.25) is 0 Å². The predicted octanol–water partition coefficient (Wildman–Crippen LogP) is 2.70. The van der Waals surface area contributed by atoms with Gasteiger partial charge >= 0.3 is 0 Å². The second kappa shape index (κ2) is 4.85. The average molecular weight is 232 g/mol. The minimum Gasteiger partial charge on any atom is -0.306 e. The van der Waals surface area contributed by atoms with Crippen molar-refractivity contribution in [2.45, 2.75) is 24.7 Å². The van der Waals surface area contributed by atoms with Crippen LogP contribution in [0.3, 0.4) is 0 Å². The van der Waals surface area contributed by atoms with E-state index in [9.17, 15) is 9.65 Å². The standard InChI is InChI=1S/C14H17FN2/c1-17-9-2-7-14(11-16,8-10-17)12-3-5-13(15)6-4-12/h3-6H,2,7-10H2,1H3. The normalized spacial score (nSPS) is 26.2. The monoisotopic (exact) mass is 232 g/mol. The molecule has 90 valence electrons. The molecule has 1 saturated heterocycles. The molecule has 2 nitrogen and oxygen atoms in total. The van der Waals surface area contributed by atoms with Gasteiger partial charge in [-0.15, -0.1) is 0 Å². The number of hydrogen-bond donors (Lipinski definition) is 0. The highest BCUT2D eigenvalue weighted by molar-refractivity contribution is 5.33. The quantitative estimate of drug-likeness (QED) is 0.744. The zero-order valence-electron chi connectivity index (χ0n) is 10.1. The summed E-state index contributed by atoms with van der Waals surface area (Å²) in [6.07, 6.45) is 2.70. The fraction of sp³-hybridized carbons (Fsp3) is 0.500. The van der Waals surface area contributed by atoms with Gasteiger partial charge in [0.2, 0.25) is 0 Å². The summed E-state index contributed by atoms with van der Waals surface area (Å²) in [5.74, 6) is -0.243. The third-order valence-electron chi connectivity index (χ3n) is 3.67. The first-order valence-corrected chi connectivity index (χ1v) is 6.02. The maximum absolute atomic E-state index is 12.9. The number of rotatable bonds is 1. The second-order valence-corrected chi connectivity index (χ2v) is 4.86. The van der Waals surface area contributed by atoms with Crippen LogP contribution in [0.2, 0.25) is 0 Å². The summed E-state index contributed by atoms with van der Waals surface area (Å²) in [5, 5.41) is 9.51. The first-order chi connectivity index (χ1) is 8.16. The molecule has 0 N–H and O–H groups in total. The molecular formula is C14H17FN2. The van der Waals surface area contributed by atoms with Gasteiger partial charge in [0.1, 0.15) is 5.82 Å². The van der Waals surface area contributed by atoms with Gasteiger partial charge in [-0.1, -0.05) is 12.1 Å². The van der Waals surface area contributed by atoms with Gasteiger partial charge in [0, 0.05) is 0 Å². The minimum atomic E-state index is -0.432. The van der Waals surface area contributed by atoms with Gasteiger partial charge in [-0.25, -0.2) is 4.39 Å². The molecule has 1 aliphatic rings. The van der Waals surface area contributed by atoms with Crippen LogP contribution in [0.15, 0.2) is 24.3 Å². The van der Waals surface area contributed by atoms with Gasteiger partial charge in [-0.2, -0.15) is 5.26 Å². The van der Waals surface area contributed by atoms with Crippen LogP contribution in [0, 0.1) is 17.1 Å². The maximum atomic E-state index is 12.9. The Morgan fingerprint density at radius 3 is 2.59 bits per heavy atom. The summed E-state index contributed by atoms with van der Waals surface area (Å²) in [6, 6.07) is 8.87. The van der Waals surface area contributed by atoms with Crippen LogP contribution >= 0.6 is 0 Å². The van der Waals surface area contributed by atoms with Crippen molar-refractivity contribution in [3.63, 3.8) is 0 Å². The molecule has 2 rings (SSSR count). The average Bonchev–Trinajstić information content (AvgIpc) is 2.53. The van der Waals surface area contributed by atoms with E-state index in [-0.39, 0.29) is 5.82 Å². The molecule has 0 bridgehead atoms. The predicted molar refractivity (Wildman–Crippen MR) is 65.0 cm³/mol. The molecule has 0 radical (unpaired) electrons. The van der Waals surface area contributed by atoms with E-state index in [1.165, 1.54) is 12.1 Å². The Balaban J connectivity index is 2.30. The number of likely N-dealkylation sites (tertiary alicyclic amines) is 1. The summed E-state index contributed by atoms with van der Waals surface area (Å²) in [5.41, 5.74) is 0.523. The molecule has 1 aromatic rings. The van der Waals surface area contributed by atoms with E-state index in [4.69, 9.17) is 0 Å². The topological polar surface area (TPSA) is 27.0 Å². The lowest BCUT2D eigenvalue weighted by Crippen LogP contribution is -2.26. The Labute approximate surface area is 102 Å². The van der Waals surface area contributed by atoms with Crippen molar-refractivity contribution in [3.05, 3.63) is 35.6 Å². The zero-order valence-corrected chi connectivity index (χ0v) is 10.1. The molecule has 1 heterocycles. The summed E-state index contributed by atoms with van der Waals surface area (Å²) in [6.45, 7) is 1.95. The summed E-state index contributed by atoms with van der Waals surface area (Å²) >= 11 is 0. The lowest BCUT2D eigenvalue weighted by Gasteiger charge is -2.25. The fourth-order valence-corrected chi connectivity index (χ4v) is 2.50. The Morgan fingerprint density at radius 2 is 1.94 bits per heavy atom. The first-order valence-electron chi connectivity index (χ1n) is 6.02. The van der Waals surface area contributed by atoms with Crippen molar-refractivity contribution >= 4 is 0 Å². The summed E-state index contributed by atoms with van der Waals surface area (Å²) in [4.78, 5) is 2.25. The SMILES string of the molecule is CN1CCCC(C#N)(c2ccc(F)cc2)CC1. The number of nitrogens with zero attached hydrogens (tertiary/aromatic N) is 2. The van der Waals surface area contributed by atoms with Crippen LogP contribution in [0.1, 0.15) is 24.8 Å². The molecule has 1 fully saturated rings. The van der Waals surface area contributed by atoms with Crippen molar-refractivity contribution in [2.24, 2.45) is 0 Å². The molecule has 0 aromatic heterocycles. The van der Waals surface area contributed by atoms with Crippen LogP contribution in [0.5, 0.6) is 0 Å². The summed E-state index contributed by atoms with van der Waals surface area (Å²) in [7, 11) is 2.08. The van der Waals surface area contributed by atoms with Gasteiger partial charge in [0.25, 0.3) is 0 Å². The van der Waals surface area contributed by atoms with E-state index in [0.717, 1.165) is 37.9 Å². The van der Waals surface area contributed by atoms with Crippen molar-refractivity contribution in [3.8, 4) is 6.07 Å². The van der Waals surface area contributed by atoms with Crippen LogP contribution in [0.4, 0.5) is 4.39 Å². The molecule has 0 saturated carbocycles. The van der Waals surface area contributed by atoms with Crippen LogP contribution in [-0.4, -0.2) is 25.0 Å². The molecule has 0 spiro atoms. The highest BCUT2D eigenvalue weighted by Crippen LogP contribution is 2.34. The number of nitriles is 1. The molecule has 17 heavy (non-hydrogen) atoms. The minimum absolute atomic E-state index is 0.243. The van der Waals surface area contributed by atoms with Gasteiger partial charge < -0.3 is 4.90 Å². The van der Waals surface area contributed by atoms with Crippen LogP contribution < -0.4 is 0 Å². The van der Waals surface area contributed by atoms with Crippen molar-refractivity contribution in [2.75, 3.05) is 20.1 Å². The molecule has 1 unspecified atom stereocenters. The van der Waals surface area contributed by atoms with E-state index < -0.39 is 5.41 Å². The summed E-state index contributed by atoms with van der Waals surface area (Å²) < 4.78 is 12.9. The van der Waals surface area contributed by atoms with Gasteiger partial charge in [-0.05, 0) is 57.1 Å². The first kappa shape index (κ1) is 12.1. The van der Waals surface area contributed by atoms with Gasteiger partial charge in [0.15, 0.2) is 0 Å². The van der Waals surface area contributed by atoms with Gasteiger partial charge in [0.05, 0.1) is 11.5 Å². The van der Waals surface area contributed by atoms with E-state index >= 15 is 0 Å². The van der Waals surface area contributed by atoms with Crippen molar-refractivity contribution in [1.29, 1.82) is 5.26 Å². The molecular weight excluding hydrogens is 215 g/mol. The smallest absolute Gasteiger partial charge is 0.123 e. The highest BCUT2D eigenvalue weighted by Gasteiger charge is 2.33. The Kier molecular flexibility index (Phi) is 3.44. The van der Waals surface area contributed by atoms with E-state index in [2.05, 4.69) is 18.0 Å². The third-order valence-corrected chi connectivity index (χ3v) is 3.67. The largest absolute Gasteiger partial charge is 0.306 e. The molecule has 3 heteroatoms.